The van der Waals surface area contributed by atoms with Gasteiger partial charge in [-0.15, -0.1) is 0 Å². The summed E-state index contributed by atoms with van der Waals surface area (Å²) in [4.78, 5) is 43.2. The number of benzene rings is 1. The number of ether oxygens (including phenoxy) is 3. The first-order valence-corrected chi connectivity index (χ1v) is 8.50. The number of carbonyl (C=O) groups excluding carboxylic acids is 3. The molecule has 0 aliphatic heterocycles. The number of carboxylic acid groups (broad SMARTS) is 1. The average molecular weight is 416 g/mol. The van der Waals surface area contributed by atoms with Crippen molar-refractivity contribution in [3.8, 4) is 0 Å². The number of aliphatic carboxylic acids is 1. The van der Waals surface area contributed by atoms with E-state index in [1.165, 1.54) is 24.3 Å². The SMILES string of the molecule is O=C(O)CCC(=O)OCCO.O=C(OCCO)c1ccc(C(=O)OCCO)cc1. The molecule has 11 nitrogen and oxygen atoms in total. The van der Waals surface area contributed by atoms with Crippen molar-refractivity contribution in [1.82, 2.24) is 0 Å². The highest BCUT2D eigenvalue weighted by atomic mass is 16.5. The third-order valence-corrected chi connectivity index (χ3v) is 2.90. The van der Waals surface area contributed by atoms with E-state index in [0.717, 1.165) is 0 Å². The maximum Gasteiger partial charge on any atom is 0.338 e. The van der Waals surface area contributed by atoms with Crippen LogP contribution >= 0.6 is 0 Å². The van der Waals surface area contributed by atoms with Crippen LogP contribution in [0.25, 0.3) is 0 Å². The number of carbonyl (C=O) groups is 4. The second-order valence-electron chi connectivity index (χ2n) is 5.13. The zero-order valence-electron chi connectivity index (χ0n) is 15.6. The second kappa shape index (κ2) is 16.0. The van der Waals surface area contributed by atoms with Crippen molar-refractivity contribution in [1.29, 1.82) is 0 Å². The lowest BCUT2D eigenvalue weighted by Gasteiger charge is -2.05. The van der Waals surface area contributed by atoms with Gasteiger partial charge in [0.15, 0.2) is 0 Å². The molecule has 162 valence electrons. The number of esters is 3. The first kappa shape index (κ1) is 26.0. The van der Waals surface area contributed by atoms with Gasteiger partial charge >= 0.3 is 23.9 Å². The smallest absolute Gasteiger partial charge is 0.338 e. The van der Waals surface area contributed by atoms with Crippen molar-refractivity contribution < 1.29 is 53.8 Å². The van der Waals surface area contributed by atoms with Crippen LogP contribution in [0.3, 0.4) is 0 Å². The molecule has 11 heteroatoms. The minimum absolute atomic E-state index is 0.0703. The van der Waals surface area contributed by atoms with Gasteiger partial charge in [-0.2, -0.15) is 0 Å². The van der Waals surface area contributed by atoms with E-state index in [1.54, 1.807) is 0 Å². The first-order chi connectivity index (χ1) is 13.8. The van der Waals surface area contributed by atoms with E-state index in [-0.39, 0.29) is 63.6 Å². The van der Waals surface area contributed by atoms with Crippen LogP contribution in [0.15, 0.2) is 24.3 Å². The third-order valence-electron chi connectivity index (χ3n) is 2.90. The molecule has 0 aliphatic rings. The first-order valence-electron chi connectivity index (χ1n) is 8.50. The molecule has 0 saturated carbocycles. The Bertz CT molecular complexity index is 601. The standard InChI is InChI=1S/C12H14O6.C6H10O5/c13-5-7-17-11(15)9-1-2-10(4-3-9)12(16)18-8-6-14;7-3-4-11-6(10)2-1-5(8)9/h1-4,13-14H,5-8H2;7H,1-4H2,(H,8,9). The van der Waals surface area contributed by atoms with Gasteiger partial charge in [-0.3, -0.25) is 9.59 Å². The van der Waals surface area contributed by atoms with E-state index in [1.807, 2.05) is 0 Å². The Kier molecular flexibility index (Phi) is 14.3. The fraction of sp³-hybridized carbons (Fsp3) is 0.444. The normalized spacial score (nSPS) is 9.62. The monoisotopic (exact) mass is 416 g/mol. The summed E-state index contributed by atoms with van der Waals surface area (Å²) in [6.45, 7) is -0.926. The number of aliphatic hydroxyl groups is 3. The van der Waals surface area contributed by atoms with Crippen LogP contribution < -0.4 is 0 Å². The van der Waals surface area contributed by atoms with Crippen molar-refractivity contribution in [3.63, 3.8) is 0 Å². The zero-order valence-corrected chi connectivity index (χ0v) is 15.6. The summed E-state index contributed by atoms with van der Waals surface area (Å²) in [7, 11) is 0. The molecule has 0 spiro atoms. The molecule has 0 radical (unpaired) electrons. The van der Waals surface area contributed by atoms with E-state index >= 15 is 0 Å². The van der Waals surface area contributed by atoms with Crippen LogP contribution in [-0.4, -0.2) is 83.9 Å². The molecule has 0 fully saturated rings. The molecule has 0 aromatic heterocycles. The van der Waals surface area contributed by atoms with Gasteiger partial charge in [-0.05, 0) is 24.3 Å². The van der Waals surface area contributed by atoms with E-state index in [9.17, 15) is 19.2 Å². The van der Waals surface area contributed by atoms with Gasteiger partial charge < -0.3 is 34.6 Å². The summed E-state index contributed by atoms with van der Waals surface area (Å²) in [6, 6.07) is 5.70. The second-order valence-corrected chi connectivity index (χ2v) is 5.13. The molecule has 4 N–H and O–H groups in total. The highest BCUT2D eigenvalue weighted by molar-refractivity contribution is 5.93. The Morgan fingerprint density at radius 3 is 1.38 bits per heavy atom. The molecule has 0 atom stereocenters. The number of aliphatic hydroxyl groups excluding tert-OH is 3. The van der Waals surface area contributed by atoms with Crippen molar-refractivity contribution in [3.05, 3.63) is 35.4 Å². The summed E-state index contributed by atoms with van der Waals surface area (Å²) < 4.78 is 13.8. The largest absolute Gasteiger partial charge is 0.481 e. The lowest BCUT2D eigenvalue weighted by Crippen LogP contribution is -2.11. The zero-order chi connectivity index (χ0) is 22.1. The van der Waals surface area contributed by atoms with E-state index in [0.29, 0.717) is 0 Å². The number of hydrogen-bond donors (Lipinski definition) is 4. The van der Waals surface area contributed by atoms with Crippen molar-refractivity contribution in [2.75, 3.05) is 39.6 Å². The van der Waals surface area contributed by atoms with Crippen LogP contribution in [0.5, 0.6) is 0 Å². The van der Waals surface area contributed by atoms with E-state index in [4.69, 9.17) is 29.9 Å². The number of rotatable bonds is 11. The summed E-state index contributed by atoms with van der Waals surface area (Å²) in [5.41, 5.74) is 0.560. The van der Waals surface area contributed by atoms with Crippen LogP contribution in [-0.2, 0) is 23.8 Å². The maximum atomic E-state index is 11.4. The Morgan fingerprint density at radius 1 is 0.655 bits per heavy atom. The summed E-state index contributed by atoms with van der Waals surface area (Å²) in [5, 5.41) is 33.3. The molecule has 0 unspecified atom stereocenters. The average Bonchev–Trinajstić information content (AvgIpc) is 2.73. The van der Waals surface area contributed by atoms with Gasteiger partial charge in [0.25, 0.3) is 0 Å². The van der Waals surface area contributed by atoms with Crippen molar-refractivity contribution in [2.45, 2.75) is 12.8 Å². The van der Waals surface area contributed by atoms with E-state index < -0.39 is 23.9 Å². The molecule has 1 rings (SSSR count). The molecule has 0 saturated heterocycles. The summed E-state index contributed by atoms with van der Waals surface area (Å²) in [6.07, 6.45) is -0.375. The fourth-order valence-corrected chi connectivity index (χ4v) is 1.63. The Balaban J connectivity index is 0.000000614. The van der Waals surface area contributed by atoms with Crippen molar-refractivity contribution in [2.24, 2.45) is 0 Å². The third kappa shape index (κ3) is 12.9. The maximum absolute atomic E-state index is 11.4. The molecule has 1 aromatic carbocycles. The molecule has 0 heterocycles. The lowest BCUT2D eigenvalue weighted by atomic mass is 10.1. The van der Waals surface area contributed by atoms with Gasteiger partial charge in [-0.25, -0.2) is 9.59 Å². The van der Waals surface area contributed by atoms with Crippen LogP contribution in [0.1, 0.15) is 33.6 Å². The Morgan fingerprint density at radius 2 is 1.03 bits per heavy atom. The number of carboxylic acids is 1. The molecule has 1 aromatic rings. The van der Waals surface area contributed by atoms with Crippen LogP contribution in [0.2, 0.25) is 0 Å². The topological polar surface area (TPSA) is 177 Å². The minimum Gasteiger partial charge on any atom is -0.481 e. The van der Waals surface area contributed by atoms with Gasteiger partial charge in [0.2, 0.25) is 0 Å². The van der Waals surface area contributed by atoms with Crippen molar-refractivity contribution >= 4 is 23.9 Å². The van der Waals surface area contributed by atoms with Gasteiger partial charge in [0.05, 0.1) is 43.8 Å². The summed E-state index contributed by atoms with van der Waals surface area (Å²) >= 11 is 0. The van der Waals surface area contributed by atoms with Gasteiger partial charge in [-0.1, -0.05) is 0 Å². The molecule has 0 bridgehead atoms. The molecule has 0 amide bonds. The van der Waals surface area contributed by atoms with Gasteiger partial charge in [0.1, 0.15) is 19.8 Å². The molecular formula is C18H24O11. The van der Waals surface area contributed by atoms with Gasteiger partial charge in [0, 0.05) is 0 Å². The van der Waals surface area contributed by atoms with E-state index in [2.05, 4.69) is 4.74 Å². The number of hydrogen-bond acceptors (Lipinski definition) is 10. The quantitative estimate of drug-likeness (QED) is 0.267. The fourth-order valence-electron chi connectivity index (χ4n) is 1.63. The minimum atomic E-state index is -1.04. The summed E-state index contributed by atoms with van der Waals surface area (Å²) in [5.74, 6) is -2.77. The molecule has 0 aliphatic carbocycles. The molecular weight excluding hydrogens is 392 g/mol. The highest BCUT2D eigenvalue weighted by Gasteiger charge is 2.10. The lowest BCUT2D eigenvalue weighted by molar-refractivity contribution is -0.148. The Hall–Kier alpha value is -3.02. The predicted molar refractivity (Wildman–Crippen MR) is 96.1 cm³/mol. The molecule has 29 heavy (non-hydrogen) atoms. The highest BCUT2D eigenvalue weighted by Crippen LogP contribution is 2.07. The van der Waals surface area contributed by atoms with Crippen LogP contribution in [0, 0.1) is 0 Å². The predicted octanol–water partition coefficient (Wildman–Crippen LogP) is -0.628. The van der Waals surface area contributed by atoms with Crippen LogP contribution in [0.4, 0.5) is 0 Å². The Labute approximate surface area is 166 Å².